The van der Waals surface area contributed by atoms with Crippen molar-refractivity contribution in [3.63, 3.8) is 0 Å². The van der Waals surface area contributed by atoms with E-state index in [2.05, 4.69) is 26.5 Å². The zero-order valence-corrected chi connectivity index (χ0v) is 10.8. The van der Waals surface area contributed by atoms with Crippen LogP contribution in [0.3, 0.4) is 0 Å². The van der Waals surface area contributed by atoms with Gasteiger partial charge in [0.25, 0.3) is 0 Å². The third kappa shape index (κ3) is 4.89. The minimum absolute atomic E-state index is 1.24. The number of hydrogen-bond acceptors (Lipinski definition) is 0. The Morgan fingerprint density at radius 1 is 0.727 bits per heavy atom. The fourth-order valence-corrected chi connectivity index (χ4v) is 11.4. The van der Waals surface area contributed by atoms with E-state index < -0.39 is 13.3 Å². The van der Waals surface area contributed by atoms with Gasteiger partial charge >= 0.3 is 74.8 Å². The SMILES string of the molecule is CC[CH2][Ge]([CH3])([CH2]CC)[CH2]CC. The number of hydrogen-bond donors (Lipinski definition) is 0. The first kappa shape index (κ1) is 11.5. The van der Waals surface area contributed by atoms with Crippen LogP contribution in [0, 0.1) is 0 Å². The van der Waals surface area contributed by atoms with Gasteiger partial charge in [-0.2, -0.15) is 0 Å². The molecule has 11 heavy (non-hydrogen) atoms. The molecular weight excluding hydrogens is 193 g/mol. The van der Waals surface area contributed by atoms with Crippen LogP contribution in [0.15, 0.2) is 0 Å². The zero-order valence-electron chi connectivity index (χ0n) is 8.74. The summed E-state index contributed by atoms with van der Waals surface area (Å²) in [7, 11) is 0. The monoisotopic (exact) mass is 218 g/mol. The van der Waals surface area contributed by atoms with Gasteiger partial charge in [-0.1, -0.05) is 0 Å². The van der Waals surface area contributed by atoms with Crippen molar-refractivity contribution in [2.75, 3.05) is 0 Å². The molecule has 0 aliphatic heterocycles. The molecule has 0 aromatic rings. The van der Waals surface area contributed by atoms with Gasteiger partial charge in [-0.25, -0.2) is 0 Å². The molecule has 0 aromatic carbocycles. The van der Waals surface area contributed by atoms with Crippen LogP contribution in [0.25, 0.3) is 0 Å². The van der Waals surface area contributed by atoms with Crippen molar-refractivity contribution in [1.82, 2.24) is 0 Å². The van der Waals surface area contributed by atoms with Gasteiger partial charge in [0, 0.05) is 0 Å². The van der Waals surface area contributed by atoms with Crippen LogP contribution in [0.2, 0.25) is 21.5 Å². The average molecular weight is 217 g/mol. The maximum absolute atomic E-state index is 2.64. The van der Waals surface area contributed by atoms with Crippen molar-refractivity contribution in [2.24, 2.45) is 0 Å². The van der Waals surface area contributed by atoms with Gasteiger partial charge in [0.05, 0.1) is 0 Å². The first-order valence-corrected chi connectivity index (χ1v) is 11.7. The Morgan fingerprint density at radius 2 is 1.00 bits per heavy atom. The standard InChI is InChI=1S/C10H24Ge/c1-5-8-11(4,9-6-2)10-7-3/h5-10H2,1-4H3. The first-order valence-electron chi connectivity index (χ1n) is 5.18. The van der Waals surface area contributed by atoms with Gasteiger partial charge < -0.3 is 0 Å². The molecule has 1 heteroatoms. The van der Waals surface area contributed by atoms with Crippen molar-refractivity contribution in [3.8, 4) is 0 Å². The van der Waals surface area contributed by atoms with E-state index in [0.717, 1.165) is 0 Å². The third-order valence-corrected chi connectivity index (χ3v) is 13.3. The van der Waals surface area contributed by atoms with Crippen molar-refractivity contribution in [3.05, 3.63) is 0 Å². The van der Waals surface area contributed by atoms with Crippen LogP contribution in [0.5, 0.6) is 0 Å². The Morgan fingerprint density at radius 3 is 1.18 bits per heavy atom. The molecule has 0 heterocycles. The van der Waals surface area contributed by atoms with Gasteiger partial charge in [0.1, 0.15) is 0 Å². The molecule has 0 saturated carbocycles. The van der Waals surface area contributed by atoms with Crippen molar-refractivity contribution in [2.45, 2.75) is 61.5 Å². The predicted molar refractivity (Wildman–Crippen MR) is 56.9 cm³/mol. The topological polar surface area (TPSA) is 0 Å². The van der Waals surface area contributed by atoms with Crippen LogP contribution in [0.4, 0.5) is 0 Å². The van der Waals surface area contributed by atoms with Crippen molar-refractivity contribution in [1.29, 1.82) is 0 Å². The van der Waals surface area contributed by atoms with Gasteiger partial charge in [-0.05, 0) is 0 Å². The predicted octanol–water partition coefficient (Wildman–Crippen LogP) is 4.30. The molecule has 0 saturated heterocycles. The van der Waals surface area contributed by atoms with E-state index in [-0.39, 0.29) is 0 Å². The zero-order chi connectivity index (χ0) is 8.74. The maximum atomic E-state index is 2.64. The molecule has 0 unspecified atom stereocenters. The summed E-state index contributed by atoms with van der Waals surface area (Å²) in [5.74, 6) is 2.64. The summed E-state index contributed by atoms with van der Waals surface area (Å²) < 4.78 is 0. The molecule has 0 rings (SSSR count). The summed E-state index contributed by atoms with van der Waals surface area (Å²) in [6.45, 7) is 7.03. The Labute approximate surface area is 75.1 Å². The normalized spacial score (nSPS) is 12.0. The first-order chi connectivity index (χ1) is 5.18. The van der Waals surface area contributed by atoms with E-state index >= 15 is 0 Å². The Hall–Kier alpha value is 0.543. The van der Waals surface area contributed by atoms with Crippen molar-refractivity contribution < 1.29 is 0 Å². The van der Waals surface area contributed by atoms with E-state index in [9.17, 15) is 0 Å². The molecule has 0 amide bonds. The van der Waals surface area contributed by atoms with Crippen LogP contribution in [0.1, 0.15) is 40.0 Å². The molecular formula is C10H24Ge. The van der Waals surface area contributed by atoms with E-state index in [0.29, 0.717) is 0 Å². The molecule has 0 nitrogen and oxygen atoms in total. The Bertz CT molecular complexity index is 71.9. The van der Waals surface area contributed by atoms with E-state index in [1.165, 1.54) is 19.3 Å². The van der Waals surface area contributed by atoms with E-state index in [1.807, 2.05) is 0 Å². The second-order valence-corrected chi connectivity index (χ2v) is 14.8. The molecule has 0 aliphatic carbocycles. The summed E-state index contributed by atoms with van der Waals surface area (Å²) >= 11 is -1.24. The molecule has 0 fully saturated rings. The number of rotatable bonds is 6. The summed E-state index contributed by atoms with van der Waals surface area (Å²) in [5.41, 5.74) is 0. The Balaban J connectivity index is 3.79. The summed E-state index contributed by atoms with van der Waals surface area (Å²) in [6, 6.07) is 0. The van der Waals surface area contributed by atoms with Gasteiger partial charge in [-0.15, -0.1) is 0 Å². The molecule has 0 bridgehead atoms. The minimum atomic E-state index is -1.24. The van der Waals surface area contributed by atoms with Gasteiger partial charge in [-0.3, -0.25) is 0 Å². The molecule has 68 valence electrons. The Kier molecular flexibility index (Phi) is 6.40. The summed E-state index contributed by atoms with van der Waals surface area (Å²) in [5, 5.41) is 4.80. The molecule has 0 atom stereocenters. The van der Waals surface area contributed by atoms with Gasteiger partial charge in [0.2, 0.25) is 0 Å². The van der Waals surface area contributed by atoms with Crippen molar-refractivity contribution >= 4 is 13.3 Å². The average Bonchev–Trinajstić information content (AvgIpc) is 1.88. The molecule has 0 aliphatic rings. The summed E-state index contributed by atoms with van der Waals surface area (Å²) in [6.07, 6.45) is 4.28. The summed E-state index contributed by atoms with van der Waals surface area (Å²) in [4.78, 5) is 0. The molecule has 0 aromatic heterocycles. The van der Waals surface area contributed by atoms with Crippen LogP contribution < -0.4 is 0 Å². The van der Waals surface area contributed by atoms with Crippen LogP contribution in [-0.2, 0) is 0 Å². The molecule has 0 radical (unpaired) electrons. The van der Waals surface area contributed by atoms with E-state index in [1.54, 1.807) is 15.8 Å². The second kappa shape index (κ2) is 6.10. The molecule has 0 N–H and O–H groups in total. The van der Waals surface area contributed by atoms with Crippen LogP contribution in [-0.4, -0.2) is 13.3 Å². The van der Waals surface area contributed by atoms with Crippen LogP contribution >= 0.6 is 0 Å². The second-order valence-electron chi connectivity index (χ2n) is 4.06. The third-order valence-electron chi connectivity index (χ3n) is 2.56. The van der Waals surface area contributed by atoms with E-state index in [4.69, 9.17) is 0 Å². The fraction of sp³-hybridized carbons (Fsp3) is 1.00. The molecule has 0 spiro atoms. The van der Waals surface area contributed by atoms with Gasteiger partial charge in [0.15, 0.2) is 0 Å². The quantitative estimate of drug-likeness (QED) is 0.581. The fourth-order valence-electron chi connectivity index (χ4n) is 2.19.